The molecule has 1 amide bonds. The van der Waals surface area contributed by atoms with Crippen LogP contribution in [0.2, 0.25) is 0 Å². The first-order valence-corrected chi connectivity index (χ1v) is 13.8. The van der Waals surface area contributed by atoms with E-state index in [2.05, 4.69) is 6.92 Å². The van der Waals surface area contributed by atoms with Crippen LogP contribution >= 0.6 is 11.3 Å². The standard InChI is InChI=1S/C31H29FN2O4S/c1-4-5-6-14-38-23-9-7-8-21(17-23)27-25(28(35)20-10-12-22(32)13-11-20)29(36)30(37)34(27)31-33-26-19(3)15-18(2)16-24(26)39-31/h7-13,15-17,27,35H,4-6,14H2,1-3H3/b28-25+. The molecular weight excluding hydrogens is 515 g/mol. The molecule has 4 aromatic rings. The Hall–Kier alpha value is -4.04. The summed E-state index contributed by atoms with van der Waals surface area (Å²) in [5.41, 5.74) is 3.54. The number of ether oxygens (including phenoxy) is 1. The van der Waals surface area contributed by atoms with Crippen LogP contribution in [0.15, 0.2) is 66.2 Å². The summed E-state index contributed by atoms with van der Waals surface area (Å²) >= 11 is 1.32. The van der Waals surface area contributed by atoms with Crippen molar-refractivity contribution in [3.05, 3.63) is 94.3 Å². The van der Waals surface area contributed by atoms with Crippen LogP contribution in [0.1, 0.15) is 54.5 Å². The zero-order chi connectivity index (χ0) is 27.7. The fourth-order valence-electron chi connectivity index (χ4n) is 4.89. The topological polar surface area (TPSA) is 79.7 Å². The van der Waals surface area contributed by atoms with Crippen molar-refractivity contribution in [1.29, 1.82) is 0 Å². The van der Waals surface area contributed by atoms with Crippen LogP contribution < -0.4 is 9.64 Å². The molecule has 6 nitrogen and oxygen atoms in total. The molecule has 1 atom stereocenters. The Kier molecular flexibility index (Phi) is 7.48. The maximum Gasteiger partial charge on any atom is 0.301 e. The Labute approximate surface area is 230 Å². The minimum absolute atomic E-state index is 0.0816. The Bertz CT molecular complexity index is 1590. The molecule has 8 heteroatoms. The Morgan fingerprint density at radius 1 is 1.08 bits per heavy atom. The van der Waals surface area contributed by atoms with Gasteiger partial charge in [-0.1, -0.05) is 49.3 Å². The smallest absolute Gasteiger partial charge is 0.301 e. The van der Waals surface area contributed by atoms with E-state index in [0.717, 1.165) is 40.6 Å². The van der Waals surface area contributed by atoms with Gasteiger partial charge in [-0.3, -0.25) is 14.5 Å². The lowest BCUT2D eigenvalue weighted by atomic mass is 9.95. The van der Waals surface area contributed by atoms with Gasteiger partial charge in [-0.15, -0.1) is 0 Å². The lowest BCUT2D eigenvalue weighted by molar-refractivity contribution is -0.132. The van der Waals surface area contributed by atoms with Crippen molar-refractivity contribution in [3.63, 3.8) is 0 Å². The maximum atomic E-state index is 13.6. The highest BCUT2D eigenvalue weighted by atomic mass is 32.1. The summed E-state index contributed by atoms with van der Waals surface area (Å²) in [6, 6.07) is 15.4. The second-order valence-corrected chi connectivity index (χ2v) is 10.7. The average Bonchev–Trinajstić information content (AvgIpc) is 3.45. The number of fused-ring (bicyclic) bond motifs is 1. The predicted molar refractivity (Wildman–Crippen MR) is 152 cm³/mol. The van der Waals surface area contributed by atoms with Gasteiger partial charge in [0.1, 0.15) is 17.3 Å². The zero-order valence-corrected chi connectivity index (χ0v) is 22.8. The molecule has 0 saturated carbocycles. The van der Waals surface area contributed by atoms with Gasteiger partial charge in [-0.05, 0) is 79.4 Å². The third kappa shape index (κ3) is 5.16. The molecule has 200 valence electrons. The summed E-state index contributed by atoms with van der Waals surface area (Å²) in [5, 5.41) is 11.7. The number of aliphatic hydroxyl groups is 1. The number of carbonyl (C=O) groups excluding carboxylic acids is 2. The molecule has 1 fully saturated rings. The zero-order valence-electron chi connectivity index (χ0n) is 22.0. The van der Waals surface area contributed by atoms with Gasteiger partial charge in [-0.2, -0.15) is 0 Å². The molecule has 39 heavy (non-hydrogen) atoms. The van der Waals surface area contributed by atoms with Crippen molar-refractivity contribution >= 4 is 44.1 Å². The largest absolute Gasteiger partial charge is 0.507 e. The number of halogens is 1. The lowest BCUT2D eigenvalue weighted by Crippen LogP contribution is -2.29. The number of aliphatic hydroxyl groups excluding tert-OH is 1. The Balaban J connectivity index is 1.66. The number of unbranched alkanes of at least 4 members (excludes halogenated alkanes) is 2. The highest BCUT2D eigenvalue weighted by Crippen LogP contribution is 2.45. The van der Waals surface area contributed by atoms with Gasteiger partial charge in [-0.25, -0.2) is 9.37 Å². The molecule has 5 rings (SSSR count). The molecule has 1 saturated heterocycles. The summed E-state index contributed by atoms with van der Waals surface area (Å²) in [4.78, 5) is 33.1. The van der Waals surface area contributed by atoms with E-state index in [4.69, 9.17) is 9.72 Å². The average molecular weight is 545 g/mol. The number of hydrogen-bond donors (Lipinski definition) is 1. The summed E-state index contributed by atoms with van der Waals surface area (Å²) in [6.07, 6.45) is 3.03. The number of hydrogen-bond acceptors (Lipinski definition) is 6. The van der Waals surface area contributed by atoms with E-state index >= 15 is 0 Å². The minimum atomic E-state index is -0.948. The van der Waals surface area contributed by atoms with E-state index in [-0.39, 0.29) is 16.9 Å². The number of aryl methyl sites for hydroxylation is 2. The molecule has 1 unspecified atom stereocenters. The number of amides is 1. The summed E-state index contributed by atoms with van der Waals surface area (Å²) in [6.45, 7) is 6.62. The first-order valence-electron chi connectivity index (χ1n) is 13.0. The number of rotatable bonds is 8. The van der Waals surface area contributed by atoms with E-state index in [1.165, 1.54) is 40.5 Å². The third-order valence-corrected chi connectivity index (χ3v) is 7.78. The van der Waals surface area contributed by atoms with Gasteiger partial charge in [0.05, 0.1) is 28.4 Å². The molecule has 1 aliphatic rings. The van der Waals surface area contributed by atoms with E-state index in [9.17, 15) is 19.1 Å². The number of nitrogens with zero attached hydrogens (tertiary/aromatic N) is 2. The number of aromatic nitrogens is 1. The van der Waals surface area contributed by atoms with Crippen LogP contribution in [0.4, 0.5) is 9.52 Å². The van der Waals surface area contributed by atoms with Gasteiger partial charge >= 0.3 is 5.91 Å². The quantitative estimate of drug-likeness (QED) is 0.109. The van der Waals surface area contributed by atoms with E-state index < -0.39 is 23.5 Å². The number of anilines is 1. The Morgan fingerprint density at radius 2 is 1.85 bits per heavy atom. The highest BCUT2D eigenvalue weighted by Gasteiger charge is 2.48. The van der Waals surface area contributed by atoms with E-state index in [0.29, 0.717) is 23.1 Å². The second-order valence-electron chi connectivity index (χ2n) is 9.73. The van der Waals surface area contributed by atoms with Crippen LogP contribution in [0.3, 0.4) is 0 Å². The van der Waals surface area contributed by atoms with Crippen LogP contribution in [0.5, 0.6) is 5.75 Å². The number of thiazole rings is 1. The third-order valence-electron chi connectivity index (χ3n) is 6.78. The summed E-state index contributed by atoms with van der Waals surface area (Å²) < 4.78 is 20.4. The monoisotopic (exact) mass is 544 g/mol. The number of benzene rings is 3. The molecule has 1 aromatic heterocycles. The van der Waals surface area contributed by atoms with Gasteiger partial charge < -0.3 is 9.84 Å². The SMILES string of the molecule is CCCCCOc1cccc(C2/C(=C(\O)c3ccc(F)cc3)C(=O)C(=O)N2c2nc3c(C)cc(C)cc3s2)c1. The summed E-state index contributed by atoms with van der Waals surface area (Å²) in [7, 11) is 0. The van der Waals surface area contributed by atoms with Gasteiger partial charge in [0.2, 0.25) is 0 Å². The van der Waals surface area contributed by atoms with Crippen molar-refractivity contribution in [2.45, 2.75) is 46.1 Å². The van der Waals surface area contributed by atoms with Crippen molar-refractivity contribution in [2.75, 3.05) is 11.5 Å². The molecular formula is C31H29FN2O4S. The van der Waals surface area contributed by atoms with Gasteiger partial charge in [0.25, 0.3) is 5.78 Å². The number of ketones is 1. The fraction of sp³-hybridized carbons (Fsp3) is 0.258. The molecule has 0 radical (unpaired) electrons. The molecule has 1 N–H and O–H groups in total. The lowest BCUT2D eigenvalue weighted by Gasteiger charge is -2.23. The Morgan fingerprint density at radius 3 is 2.59 bits per heavy atom. The predicted octanol–water partition coefficient (Wildman–Crippen LogP) is 7.25. The van der Waals surface area contributed by atoms with E-state index in [1.807, 2.05) is 32.0 Å². The normalized spacial score (nSPS) is 16.8. The molecule has 1 aliphatic heterocycles. The first kappa shape index (κ1) is 26.6. The first-order chi connectivity index (χ1) is 18.8. The molecule has 0 spiro atoms. The van der Waals surface area contributed by atoms with Crippen molar-refractivity contribution in [1.82, 2.24) is 4.98 Å². The van der Waals surface area contributed by atoms with Crippen molar-refractivity contribution in [3.8, 4) is 5.75 Å². The number of carbonyl (C=O) groups is 2. The highest BCUT2D eigenvalue weighted by molar-refractivity contribution is 7.22. The molecule has 0 bridgehead atoms. The second kappa shape index (κ2) is 11.0. The maximum absolute atomic E-state index is 13.6. The van der Waals surface area contributed by atoms with Crippen LogP contribution in [0, 0.1) is 19.7 Å². The molecule has 3 aromatic carbocycles. The van der Waals surface area contributed by atoms with Crippen LogP contribution in [-0.4, -0.2) is 28.4 Å². The molecule has 0 aliphatic carbocycles. The van der Waals surface area contributed by atoms with Gasteiger partial charge in [0.15, 0.2) is 5.13 Å². The summed E-state index contributed by atoms with van der Waals surface area (Å²) in [5.74, 6) is -1.86. The molecule has 2 heterocycles. The van der Waals surface area contributed by atoms with E-state index in [1.54, 1.807) is 18.2 Å². The van der Waals surface area contributed by atoms with Crippen molar-refractivity contribution in [2.24, 2.45) is 0 Å². The van der Waals surface area contributed by atoms with Crippen LogP contribution in [-0.2, 0) is 9.59 Å². The van der Waals surface area contributed by atoms with Crippen molar-refractivity contribution < 1.29 is 23.8 Å². The fourth-order valence-corrected chi connectivity index (χ4v) is 6.06. The number of Topliss-reactive ketones (excluding diaryl/α,β-unsaturated/α-hetero) is 1. The van der Waals surface area contributed by atoms with Crippen LogP contribution in [0.25, 0.3) is 16.0 Å². The minimum Gasteiger partial charge on any atom is -0.507 e. The van der Waals surface area contributed by atoms with Gasteiger partial charge in [0, 0.05) is 5.56 Å².